The molecule has 1 fully saturated rings. The molecule has 108 valence electrons. The number of carbonyl (C=O) groups excluding carboxylic acids is 1. The SMILES string of the molecule is CC1C(=O)C(C)C(c2cccs2)NC1c1cccs1.Cl. The van der Waals surface area contributed by atoms with E-state index in [4.69, 9.17) is 0 Å². The highest BCUT2D eigenvalue weighted by Crippen LogP contribution is 2.40. The van der Waals surface area contributed by atoms with E-state index >= 15 is 0 Å². The third kappa shape index (κ3) is 2.70. The lowest BCUT2D eigenvalue weighted by molar-refractivity contribution is -0.130. The first-order valence-corrected chi connectivity index (χ1v) is 8.31. The van der Waals surface area contributed by atoms with Gasteiger partial charge < -0.3 is 5.32 Å². The largest absolute Gasteiger partial charge is 0.300 e. The van der Waals surface area contributed by atoms with Gasteiger partial charge in [-0.05, 0) is 22.9 Å². The molecule has 2 aromatic rings. The summed E-state index contributed by atoms with van der Waals surface area (Å²) in [5, 5.41) is 7.84. The van der Waals surface area contributed by atoms with Gasteiger partial charge in [0.15, 0.2) is 0 Å². The molecule has 0 spiro atoms. The summed E-state index contributed by atoms with van der Waals surface area (Å²) < 4.78 is 0. The second-order valence-electron chi connectivity index (χ2n) is 5.13. The summed E-state index contributed by atoms with van der Waals surface area (Å²) in [5.74, 6) is 0.463. The summed E-state index contributed by atoms with van der Waals surface area (Å²) in [6, 6.07) is 8.64. The highest BCUT2D eigenvalue weighted by atomic mass is 35.5. The highest BCUT2D eigenvalue weighted by molar-refractivity contribution is 7.10. The van der Waals surface area contributed by atoms with Crippen molar-refractivity contribution in [1.82, 2.24) is 5.32 Å². The van der Waals surface area contributed by atoms with Gasteiger partial charge >= 0.3 is 0 Å². The van der Waals surface area contributed by atoms with Crippen molar-refractivity contribution in [3.05, 3.63) is 44.8 Å². The number of nitrogens with one attached hydrogen (secondary N) is 1. The highest BCUT2D eigenvalue weighted by Gasteiger charge is 2.40. The Morgan fingerprint density at radius 2 is 1.40 bits per heavy atom. The predicted octanol–water partition coefficient (Wildman–Crippen LogP) is 4.46. The number of carbonyl (C=O) groups is 1. The summed E-state index contributed by atoms with van der Waals surface area (Å²) >= 11 is 3.45. The van der Waals surface area contributed by atoms with Crippen molar-refractivity contribution in [3.8, 4) is 0 Å². The molecule has 1 aliphatic rings. The van der Waals surface area contributed by atoms with Crippen LogP contribution in [-0.2, 0) is 4.79 Å². The maximum absolute atomic E-state index is 12.5. The van der Waals surface area contributed by atoms with Crippen LogP contribution >= 0.6 is 35.1 Å². The maximum Gasteiger partial charge on any atom is 0.142 e. The Hall–Kier alpha value is -0.680. The first-order chi connectivity index (χ1) is 9.18. The quantitative estimate of drug-likeness (QED) is 0.882. The normalized spacial score (nSPS) is 30.0. The van der Waals surface area contributed by atoms with Crippen LogP contribution in [0.5, 0.6) is 0 Å². The molecule has 0 bridgehead atoms. The molecule has 20 heavy (non-hydrogen) atoms. The Bertz CT molecular complexity index is 504. The zero-order valence-electron chi connectivity index (χ0n) is 11.4. The van der Waals surface area contributed by atoms with E-state index in [2.05, 4.69) is 40.3 Å². The second kappa shape index (κ2) is 6.39. The van der Waals surface area contributed by atoms with Crippen molar-refractivity contribution in [3.63, 3.8) is 0 Å². The molecule has 4 atom stereocenters. The number of piperidine rings is 1. The number of rotatable bonds is 2. The molecule has 5 heteroatoms. The number of hydrogen-bond donors (Lipinski definition) is 1. The van der Waals surface area contributed by atoms with Gasteiger partial charge in [-0.1, -0.05) is 26.0 Å². The minimum absolute atomic E-state index is 0. The number of Topliss-reactive ketones (excluding diaryl/α,β-unsaturated/α-hetero) is 1. The Balaban J connectivity index is 0.00000147. The number of ketones is 1. The van der Waals surface area contributed by atoms with E-state index in [9.17, 15) is 4.79 Å². The molecule has 3 rings (SSSR count). The molecule has 3 heterocycles. The van der Waals surface area contributed by atoms with Crippen LogP contribution in [0.2, 0.25) is 0 Å². The van der Waals surface area contributed by atoms with E-state index in [0.717, 1.165) is 0 Å². The van der Waals surface area contributed by atoms with Gasteiger partial charge in [0.25, 0.3) is 0 Å². The summed E-state index contributed by atoms with van der Waals surface area (Å²) in [7, 11) is 0. The fourth-order valence-electron chi connectivity index (χ4n) is 2.82. The Labute approximate surface area is 133 Å². The summed E-state index contributed by atoms with van der Waals surface area (Å²) in [6.45, 7) is 4.09. The van der Waals surface area contributed by atoms with Gasteiger partial charge in [-0.25, -0.2) is 0 Å². The molecule has 0 amide bonds. The lowest BCUT2D eigenvalue weighted by atomic mass is 9.79. The van der Waals surface area contributed by atoms with Gasteiger partial charge in [0.2, 0.25) is 0 Å². The van der Waals surface area contributed by atoms with Crippen LogP contribution in [0, 0.1) is 11.8 Å². The van der Waals surface area contributed by atoms with E-state index in [1.54, 1.807) is 22.7 Å². The summed E-state index contributed by atoms with van der Waals surface area (Å²) in [5.41, 5.74) is 0. The van der Waals surface area contributed by atoms with Crippen molar-refractivity contribution in [2.45, 2.75) is 25.9 Å². The van der Waals surface area contributed by atoms with Crippen LogP contribution in [-0.4, -0.2) is 5.78 Å². The van der Waals surface area contributed by atoms with E-state index < -0.39 is 0 Å². The van der Waals surface area contributed by atoms with Gasteiger partial charge in [0.1, 0.15) is 5.78 Å². The molecule has 0 aromatic carbocycles. The van der Waals surface area contributed by atoms with Crippen LogP contribution in [0.3, 0.4) is 0 Å². The van der Waals surface area contributed by atoms with E-state index in [-0.39, 0.29) is 36.3 Å². The third-order valence-electron chi connectivity index (χ3n) is 3.96. The topological polar surface area (TPSA) is 29.1 Å². The van der Waals surface area contributed by atoms with E-state index in [1.807, 2.05) is 13.8 Å². The third-order valence-corrected chi connectivity index (χ3v) is 5.87. The number of halogens is 1. The van der Waals surface area contributed by atoms with Gasteiger partial charge in [-0.3, -0.25) is 4.79 Å². The molecule has 1 saturated heterocycles. The van der Waals surface area contributed by atoms with Crippen LogP contribution in [0.25, 0.3) is 0 Å². The van der Waals surface area contributed by atoms with Gasteiger partial charge in [-0.15, -0.1) is 35.1 Å². The maximum atomic E-state index is 12.5. The Morgan fingerprint density at radius 3 is 1.75 bits per heavy atom. The van der Waals surface area contributed by atoms with Gasteiger partial charge in [0, 0.05) is 21.6 Å². The molecule has 0 saturated carbocycles. The molecular weight excluding hydrogens is 310 g/mol. The fraction of sp³-hybridized carbons (Fsp3) is 0.400. The average molecular weight is 328 g/mol. The zero-order valence-corrected chi connectivity index (χ0v) is 13.9. The Morgan fingerprint density at radius 1 is 0.950 bits per heavy atom. The van der Waals surface area contributed by atoms with Crippen molar-refractivity contribution in [2.24, 2.45) is 11.8 Å². The van der Waals surface area contributed by atoms with Crippen LogP contribution in [0.15, 0.2) is 35.0 Å². The average Bonchev–Trinajstić information content (AvgIpc) is 3.08. The molecule has 1 N–H and O–H groups in total. The minimum atomic E-state index is 0. The smallest absolute Gasteiger partial charge is 0.142 e. The Kier molecular flexibility index (Phi) is 5.02. The number of thiophene rings is 2. The molecular formula is C15H18ClNOS2. The monoisotopic (exact) mass is 327 g/mol. The summed E-state index contributed by atoms with van der Waals surface area (Å²) in [4.78, 5) is 15.0. The molecule has 1 aliphatic heterocycles. The fourth-order valence-corrected chi connectivity index (χ4v) is 4.60. The van der Waals surface area contributed by atoms with Crippen molar-refractivity contribution >= 4 is 40.9 Å². The van der Waals surface area contributed by atoms with Gasteiger partial charge in [0.05, 0.1) is 12.1 Å². The molecule has 0 radical (unpaired) electrons. The van der Waals surface area contributed by atoms with Crippen molar-refractivity contribution in [1.29, 1.82) is 0 Å². The standard InChI is InChI=1S/C15H17NOS2.ClH/c1-9-13(11-5-3-7-18-11)16-14(10(2)15(9)17)12-6-4-8-19-12;/h3-10,13-14,16H,1-2H3;1H. The van der Waals surface area contributed by atoms with Crippen molar-refractivity contribution in [2.75, 3.05) is 0 Å². The molecule has 4 unspecified atom stereocenters. The van der Waals surface area contributed by atoms with E-state index in [0.29, 0.717) is 5.78 Å². The second-order valence-corrected chi connectivity index (χ2v) is 7.09. The van der Waals surface area contributed by atoms with E-state index in [1.165, 1.54) is 9.75 Å². The van der Waals surface area contributed by atoms with Crippen LogP contribution in [0.1, 0.15) is 35.7 Å². The lowest BCUT2D eigenvalue weighted by Gasteiger charge is -2.38. The molecule has 2 nitrogen and oxygen atoms in total. The minimum Gasteiger partial charge on any atom is -0.300 e. The van der Waals surface area contributed by atoms with Crippen LogP contribution in [0.4, 0.5) is 0 Å². The number of hydrogen-bond acceptors (Lipinski definition) is 4. The van der Waals surface area contributed by atoms with Crippen molar-refractivity contribution < 1.29 is 4.79 Å². The van der Waals surface area contributed by atoms with Gasteiger partial charge in [-0.2, -0.15) is 0 Å². The summed E-state index contributed by atoms with van der Waals surface area (Å²) in [6.07, 6.45) is 0. The predicted molar refractivity (Wildman–Crippen MR) is 87.8 cm³/mol. The first-order valence-electron chi connectivity index (χ1n) is 6.55. The zero-order chi connectivity index (χ0) is 13.4. The molecule has 0 aliphatic carbocycles. The first kappa shape index (κ1) is 15.7. The molecule has 2 aromatic heterocycles. The lowest BCUT2D eigenvalue weighted by Crippen LogP contribution is -2.45. The van der Waals surface area contributed by atoms with Crippen LogP contribution < -0.4 is 5.32 Å².